The molecule has 0 bridgehead atoms. The Hall–Kier alpha value is -2.91. The number of pyridine rings is 1. The molecule has 1 aromatic heterocycles. The van der Waals surface area contributed by atoms with E-state index in [9.17, 15) is 9.18 Å². The zero-order valence-corrected chi connectivity index (χ0v) is 13.6. The van der Waals surface area contributed by atoms with E-state index in [0.717, 1.165) is 11.4 Å². The van der Waals surface area contributed by atoms with Crippen molar-refractivity contribution < 1.29 is 13.9 Å². The molecular weight excluding hydrogens is 321 g/mol. The molecule has 5 nitrogen and oxygen atoms in total. The third kappa shape index (κ3) is 4.14. The van der Waals surface area contributed by atoms with Gasteiger partial charge in [-0.1, -0.05) is 18.1 Å². The van der Waals surface area contributed by atoms with Crippen LogP contribution in [0.15, 0.2) is 42.6 Å². The first-order valence-electron chi connectivity index (χ1n) is 7.97. The molecule has 128 valence electrons. The van der Waals surface area contributed by atoms with Gasteiger partial charge in [-0.05, 0) is 29.8 Å². The van der Waals surface area contributed by atoms with Crippen molar-refractivity contribution in [3.8, 4) is 12.3 Å². The number of aromatic nitrogens is 1. The van der Waals surface area contributed by atoms with E-state index in [1.807, 2.05) is 6.07 Å². The average Bonchev–Trinajstić information content (AvgIpc) is 2.66. The monoisotopic (exact) mass is 339 g/mol. The molecule has 0 saturated carbocycles. The van der Waals surface area contributed by atoms with E-state index in [2.05, 4.69) is 21.1 Å². The van der Waals surface area contributed by atoms with Crippen LogP contribution < -0.4 is 10.2 Å². The minimum Gasteiger partial charge on any atom is -0.370 e. The number of nitrogens with one attached hydrogen (secondary N) is 1. The Morgan fingerprint density at radius 2 is 2.32 bits per heavy atom. The van der Waals surface area contributed by atoms with Crippen molar-refractivity contribution in [3.63, 3.8) is 0 Å². The van der Waals surface area contributed by atoms with Gasteiger partial charge in [-0.15, -0.1) is 6.42 Å². The lowest BCUT2D eigenvalue weighted by Gasteiger charge is -2.34. The number of morpholine rings is 1. The van der Waals surface area contributed by atoms with Gasteiger partial charge in [0.2, 0.25) is 0 Å². The van der Waals surface area contributed by atoms with E-state index >= 15 is 0 Å². The fraction of sp³-hybridized carbons (Fsp3) is 0.263. The van der Waals surface area contributed by atoms with E-state index in [0.29, 0.717) is 25.3 Å². The molecule has 3 rings (SSSR count). The van der Waals surface area contributed by atoms with Crippen molar-refractivity contribution in [2.24, 2.45) is 0 Å². The Labute approximate surface area is 145 Å². The van der Waals surface area contributed by atoms with Gasteiger partial charge >= 0.3 is 0 Å². The maximum absolute atomic E-state index is 13.4. The molecule has 2 heterocycles. The number of anilines is 1. The van der Waals surface area contributed by atoms with Crippen molar-refractivity contribution in [2.45, 2.75) is 6.10 Å². The normalized spacial score (nSPS) is 17.0. The highest BCUT2D eigenvalue weighted by molar-refractivity contribution is 5.94. The summed E-state index contributed by atoms with van der Waals surface area (Å²) in [5, 5.41) is 2.60. The van der Waals surface area contributed by atoms with Crippen LogP contribution in [0, 0.1) is 18.2 Å². The molecule has 1 N–H and O–H groups in total. The maximum Gasteiger partial charge on any atom is 0.253 e. The second kappa shape index (κ2) is 7.77. The quantitative estimate of drug-likeness (QED) is 0.868. The Kier molecular flexibility index (Phi) is 5.26. The second-order valence-corrected chi connectivity index (χ2v) is 5.65. The summed E-state index contributed by atoms with van der Waals surface area (Å²) in [6, 6.07) is 9.92. The minimum absolute atomic E-state index is 0.180. The number of nitrogens with zero attached hydrogens (tertiary/aromatic N) is 2. The summed E-state index contributed by atoms with van der Waals surface area (Å²) in [6.07, 6.45) is 6.43. The topological polar surface area (TPSA) is 54.5 Å². The standard InChI is InChI=1S/C19H18FN3O2/c1-2-8-21-19(24)15-6-7-18(22-12-15)23-9-10-25-17(13-23)14-4-3-5-16(20)11-14/h1,3-7,11-12,17H,8-10,13H2,(H,21,24). The molecule has 0 radical (unpaired) electrons. The minimum atomic E-state index is -0.279. The Morgan fingerprint density at radius 1 is 1.44 bits per heavy atom. The van der Waals surface area contributed by atoms with Crippen LogP contribution in [0.2, 0.25) is 0 Å². The molecule has 6 heteroatoms. The van der Waals surface area contributed by atoms with Crippen LogP contribution in [0.5, 0.6) is 0 Å². The summed E-state index contributed by atoms with van der Waals surface area (Å²) in [4.78, 5) is 18.3. The van der Waals surface area contributed by atoms with Gasteiger partial charge in [-0.2, -0.15) is 0 Å². The first-order valence-corrected chi connectivity index (χ1v) is 7.97. The Balaban J connectivity index is 1.69. The van der Waals surface area contributed by atoms with Crippen LogP contribution in [-0.4, -0.2) is 37.1 Å². The molecule has 2 aromatic rings. The van der Waals surface area contributed by atoms with Crippen LogP contribution in [-0.2, 0) is 4.74 Å². The second-order valence-electron chi connectivity index (χ2n) is 5.65. The van der Waals surface area contributed by atoms with Crippen molar-refractivity contribution in [2.75, 3.05) is 31.1 Å². The Morgan fingerprint density at radius 3 is 3.04 bits per heavy atom. The zero-order chi connectivity index (χ0) is 17.6. The summed E-state index contributed by atoms with van der Waals surface area (Å²) in [5.74, 6) is 2.57. The van der Waals surface area contributed by atoms with Crippen LogP contribution in [0.4, 0.5) is 10.2 Å². The fourth-order valence-electron chi connectivity index (χ4n) is 2.71. The smallest absolute Gasteiger partial charge is 0.253 e. The van der Waals surface area contributed by atoms with Gasteiger partial charge in [0.15, 0.2) is 0 Å². The predicted molar refractivity (Wildman–Crippen MR) is 92.7 cm³/mol. The number of amides is 1. The van der Waals surface area contributed by atoms with Crippen LogP contribution in [0.3, 0.4) is 0 Å². The number of terminal acetylenes is 1. The molecule has 1 atom stereocenters. The number of carbonyl (C=O) groups excluding carboxylic acids is 1. The highest BCUT2D eigenvalue weighted by atomic mass is 19.1. The molecule has 1 unspecified atom stereocenters. The summed E-state index contributed by atoms with van der Waals surface area (Å²) in [7, 11) is 0. The van der Waals surface area contributed by atoms with E-state index in [4.69, 9.17) is 11.2 Å². The van der Waals surface area contributed by atoms with Gasteiger partial charge in [0.25, 0.3) is 5.91 Å². The van der Waals surface area contributed by atoms with Crippen molar-refractivity contribution in [1.29, 1.82) is 0 Å². The van der Waals surface area contributed by atoms with Crippen LogP contribution >= 0.6 is 0 Å². The fourth-order valence-corrected chi connectivity index (χ4v) is 2.71. The summed E-state index contributed by atoms with van der Waals surface area (Å²) >= 11 is 0. The maximum atomic E-state index is 13.4. The first-order chi connectivity index (χ1) is 12.2. The number of halogens is 1. The van der Waals surface area contributed by atoms with Crippen molar-refractivity contribution in [1.82, 2.24) is 10.3 Å². The lowest BCUT2D eigenvalue weighted by Crippen LogP contribution is -2.39. The highest BCUT2D eigenvalue weighted by Crippen LogP contribution is 2.25. The van der Waals surface area contributed by atoms with E-state index in [1.54, 1.807) is 18.2 Å². The SMILES string of the molecule is C#CCNC(=O)c1ccc(N2CCOC(c3cccc(F)c3)C2)nc1. The molecule has 0 spiro atoms. The lowest BCUT2D eigenvalue weighted by atomic mass is 10.1. The summed E-state index contributed by atoms with van der Waals surface area (Å²) in [6.45, 7) is 1.95. The predicted octanol–water partition coefficient (Wildman–Crippen LogP) is 2.16. The largest absolute Gasteiger partial charge is 0.370 e. The van der Waals surface area contributed by atoms with E-state index < -0.39 is 0 Å². The molecule has 1 fully saturated rings. The highest BCUT2D eigenvalue weighted by Gasteiger charge is 2.23. The van der Waals surface area contributed by atoms with Crippen molar-refractivity contribution in [3.05, 3.63) is 59.5 Å². The molecule has 1 amide bonds. The molecule has 1 saturated heterocycles. The van der Waals surface area contributed by atoms with Gasteiger partial charge in [0.1, 0.15) is 17.7 Å². The molecular formula is C19H18FN3O2. The average molecular weight is 339 g/mol. The van der Waals surface area contributed by atoms with Gasteiger partial charge in [0, 0.05) is 19.3 Å². The Bertz CT molecular complexity index is 786. The molecule has 1 aromatic carbocycles. The molecule has 0 aliphatic carbocycles. The number of ether oxygens (including phenoxy) is 1. The zero-order valence-electron chi connectivity index (χ0n) is 13.6. The van der Waals surface area contributed by atoms with Gasteiger partial charge in [0.05, 0.1) is 18.7 Å². The third-order valence-electron chi connectivity index (χ3n) is 3.97. The number of rotatable bonds is 4. The summed E-state index contributed by atoms with van der Waals surface area (Å²) in [5.41, 5.74) is 1.25. The summed E-state index contributed by atoms with van der Waals surface area (Å²) < 4.78 is 19.2. The van der Waals surface area contributed by atoms with Crippen LogP contribution in [0.1, 0.15) is 22.0 Å². The molecule has 1 aliphatic rings. The molecule has 25 heavy (non-hydrogen) atoms. The van der Waals surface area contributed by atoms with Gasteiger partial charge in [-0.25, -0.2) is 9.37 Å². The number of hydrogen-bond acceptors (Lipinski definition) is 4. The van der Waals surface area contributed by atoms with E-state index in [1.165, 1.54) is 18.3 Å². The first kappa shape index (κ1) is 16.9. The van der Waals surface area contributed by atoms with Crippen LogP contribution in [0.25, 0.3) is 0 Å². The lowest BCUT2D eigenvalue weighted by molar-refractivity contribution is 0.0393. The third-order valence-corrected chi connectivity index (χ3v) is 3.97. The number of hydrogen-bond donors (Lipinski definition) is 1. The van der Waals surface area contributed by atoms with Gasteiger partial charge < -0.3 is 15.0 Å². The molecule has 1 aliphatic heterocycles. The van der Waals surface area contributed by atoms with Gasteiger partial charge in [-0.3, -0.25) is 4.79 Å². The number of benzene rings is 1. The van der Waals surface area contributed by atoms with Crippen molar-refractivity contribution >= 4 is 11.7 Å². The van der Waals surface area contributed by atoms with E-state index in [-0.39, 0.29) is 24.4 Å². The number of carbonyl (C=O) groups is 1.